The zero-order valence-electron chi connectivity index (χ0n) is 18.3. The summed E-state index contributed by atoms with van der Waals surface area (Å²) in [6, 6.07) is 11.1. The van der Waals surface area contributed by atoms with E-state index in [0.717, 1.165) is 12.0 Å². The number of carboxylic acid groups (broad SMARTS) is 1. The normalized spacial score (nSPS) is 24.9. The summed E-state index contributed by atoms with van der Waals surface area (Å²) < 4.78 is 22.7. The Morgan fingerprint density at radius 2 is 1.91 bits per heavy atom. The lowest BCUT2D eigenvalue weighted by atomic mass is 9.97. The van der Waals surface area contributed by atoms with Crippen molar-refractivity contribution in [2.24, 2.45) is 0 Å². The van der Waals surface area contributed by atoms with Gasteiger partial charge in [-0.1, -0.05) is 6.92 Å². The molecule has 3 aromatic rings. The van der Waals surface area contributed by atoms with Gasteiger partial charge in [0, 0.05) is 30.2 Å². The van der Waals surface area contributed by atoms with Crippen LogP contribution in [0.5, 0.6) is 11.5 Å². The number of quaternary nitrogens is 1. The second-order valence-electron chi connectivity index (χ2n) is 8.42. The molecule has 1 aromatic heterocycles. The highest BCUT2D eigenvalue weighted by Crippen LogP contribution is 2.43. The third-order valence-corrected chi connectivity index (χ3v) is 6.56. The van der Waals surface area contributed by atoms with Crippen LogP contribution in [0.2, 0.25) is 0 Å². The van der Waals surface area contributed by atoms with Crippen LogP contribution in [-0.2, 0) is 4.74 Å². The van der Waals surface area contributed by atoms with Crippen molar-refractivity contribution in [3.05, 3.63) is 64.5 Å². The summed E-state index contributed by atoms with van der Waals surface area (Å²) in [5, 5.41) is 13.3. The van der Waals surface area contributed by atoms with Crippen molar-refractivity contribution in [2.75, 3.05) is 26.4 Å². The molecule has 0 N–H and O–H groups in total. The Morgan fingerprint density at radius 1 is 1.09 bits per heavy atom. The fourth-order valence-electron chi connectivity index (χ4n) is 4.75. The van der Waals surface area contributed by atoms with Gasteiger partial charge in [-0.3, -0.25) is 4.79 Å². The third kappa shape index (κ3) is 3.65. The number of fused-ring (bicyclic) bond motifs is 2. The average molecular weight is 451 g/mol. The molecule has 33 heavy (non-hydrogen) atoms. The minimum atomic E-state index is -1.24. The summed E-state index contributed by atoms with van der Waals surface area (Å²) in [4.78, 5) is 25.1. The lowest BCUT2D eigenvalue weighted by molar-refractivity contribution is -0.272. The smallest absolute Gasteiger partial charge is 0.263 e. The fourth-order valence-corrected chi connectivity index (χ4v) is 4.75. The maximum Gasteiger partial charge on any atom is 0.263 e. The maximum atomic E-state index is 12.9. The number of benzene rings is 2. The average Bonchev–Trinajstić information content (AvgIpc) is 3.08. The lowest BCUT2D eigenvalue weighted by Gasteiger charge is -2.48. The minimum absolute atomic E-state index is 0.181. The molecule has 2 aliphatic rings. The van der Waals surface area contributed by atoms with Gasteiger partial charge < -0.3 is 28.5 Å². The van der Waals surface area contributed by atoms with Crippen molar-refractivity contribution in [3.63, 3.8) is 0 Å². The lowest BCUT2D eigenvalue weighted by Crippen LogP contribution is -2.68. The van der Waals surface area contributed by atoms with Crippen LogP contribution >= 0.6 is 0 Å². The summed E-state index contributed by atoms with van der Waals surface area (Å²) in [7, 11) is 0. The molecular weight excluding hydrogens is 426 g/mol. The van der Waals surface area contributed by atoms with Crippen molar-refractivity contribution in [2.45, 2.75) is 31.9 Å². The van der Waals surface area contributed by atoms with Crippen LogP contribution in [0.1, 0.15) is 31.4 Å². The van der Waals surface area contributed by atoms with Gasteiger partial charge >= 0.3 is 0 Å². The van der Waals surface area contributed by atoms with Gasteiger partial charge in [0.2, 0.25) is 0 Å². The highest BCUT2D eigenvalue weighted by Gasteiger charge is 2.48. The zero-order chi connectivity index (χ0) is 23.0. The van der Waals surface area contributed by atoms with Crippen molar-refractivity contribution in [3.8, 4) is 11.5 Å². The number of carbonyl (C=O) groups excluding carboxylic acids is 1. The molecule has 3 heterocycles. The van der Waals surface area contributed by atoms with Crippen LogP contribution in [0, 0.1) is 0 Å². The molecule has 2 aliphatic heterocycles. The first kappa shape index (κ1) is 21.5. The van der Waals surface area contributed by atoms with Gasteiger partial charge in [-0.2, -0.15) is 0 Å². The standard InChI is InChI=1S/C25H25NO7/c1-2-18-14-26(25(28)29,17-5-6-19-21(27)8-11-32-23(19)13-17)20(15-33-18)16-4-7-22-24(12-16)31-10-3-9-30-22/h4-8,11-13,18,20H,2-3,9-10,14-15H2,1H3. The fraction of sp³-hybridized carbons (Fsp3) is 0.360. The number of carbonyl (C=O) groups is 1. The summed E-state index contributed by atoms with van der Waals surface area (Å²) >= 11 is 0. The number of amides is 1. The van der Waals surface area contributed by atoms with E-state index < -0.39 is 16.6 Å². The van der Waals surface area contributed by atoms with Gasteiger partial charge in [0.15, 0.2) is 16.9 Å². The van der Waals surface area contributed by atoms with E-state index in [1.807, 2.05) is 25.1 Å². The van der Waals surface area contributed by atoms with Crippen LogP contribution in [0.3, 0.4) is 0 Å². The van der Waals surface area contributed by atoms with Gasteiger partial charge in [-0.05, 0) is 30.7 Å². The van der Waals surface area contributed by atoms with E-state index in [0.29, 0.717) is 47.8 Å². The largest absolute Gasteiger partial charge is 0.498 e. The molecule has 0 bridgehead atoms. The zero-order valence-corrected chi connectivity index (χ0v) is 18.3. The maximum absolute atomic E-state index is 12.9. The number of hydrogen-bond donors (Lipinski definition) is 0. The Balaban J connectivity index is 1.67. The second kappa shape index (κ2) is 8.53. The molecule has 2 aromatic carbocycles. The van der Waals surface area contributed by atoms with E-state index in [1.54, 1.807) is 18.2 Å². The van der Waals surface area contributed by atoms with Gasteiger partial charge in [-0.15, -0.1) is 0 Å². The summed E-state index contributed by atoms with van der Waals surface area (Å²) in [5.41, 5.74) is 1.36. The Hall–Kier alpha value is -3.36. The first-order chi connectivity index (χ1) is 16.0. The number of rotatable bonds is 3. The van der Waals surface area contributed by atoms with Crippen molar-refractivity contribution in [1.82, 2.24) is 4.48 Å². The third-order valence-electron chi connectivity index (χ3n) is 6.56. The van der Waals surface area contributed by atoms with E-state index in [-0.39, 0.29) is 24.7 Å². The molecule has 1 saturated heterocycles. The number of morpholine rings is 1. The monoisotopic (exact) mass is 451 g/mol. The molecule has 3 atom stereocenters. The Morgan fingerprint density at radius 3 is 2.70 bits per heavy atom. The predicted molar refractivity (Wildman–Crippen MR) is 119 cm³/mol. The summed E-state index contributed by atoms with van der Waals surface area (Å²) in [6.07, 6.45) is 1.23. The first-order valence-electron chi connectivity index (χ1n) is 11.2. The number of hydrogen-bond acceptors (Lipinski definition) is 7. The van der Waals surface area contributed by atoms with Crippen LogP contribution in [0.25, 0.3) is 11.0 Å². The first-order valence-corrected chi connectivity index (χ1v) is 11.2. The number of nitrogens with zero attached hydrogens (tertiary/aromatic N) is 1. The Kier molecular flexibility index (Phi) is 5.55. The van der Waals surface area contributed by atoms with Crippen molar-refractivity contribution < 1.29 is 28.5 Å². The van der Waals surface area contributed by atoms with E-state index >= 15 is 0 Å². The van der Waals surface area contributed by atoms with E-state index in [1.165, 1.54) is 12.3 Å². The summed E-state index contributed by atoms with van der Waals surface area (Å²) in [6.45, 7) is 3.42. The SMILES string of the molecule is CCC1C[N+](C(=O)[O-])(c2ccc3c(=O)ccoc3c2)C(c2ccc3c(c2)OCCCO3)CO1. The van der Waals surface area contributed by atoms with Gasteiger partial charge in [0.1, 0.15) is 36.6 Å². The van der Waals surface area contributed by atoms with E-state index in [4.69, 9.17) is 18.6 Å². The molecular formula is C25H25NO7. The molecule has 8 nitrogen and oxygen atoms in total. The molecule has 0 saturated carbocycles. The van der Waals surface area contributed by atoms with Crippen LogP contribution in [0.4, 0.5) is 10.5 Å². The molecule has 1 fully saturated rings. The molecule has 3 unspecified atom stereocenters. The minimum Gasteiger partial charge on any atom is -0.498 e. The van der Waals surface area contributed by atoms with Crippen LogP contribution < -0.4 is 24.5 Å². The molecule has 0 spiro atoms. The second-order valence-corrected chi connectivity index (χ2v) is 8.42. The van der Waals surface area contributed by atoms with E-state index in [2.05, 4.69) is 0 Å². The quantitative estimate of drug-likeness (QED) is 0.564. The number of ether oxygens (including phenoxy) is 3. The highest BCUT2D eigenvalue weighted by molar-refractivity contribution is 5.86. The van der Waals surface area contributed by atoms with Crippen molar-refractivity contribution in [1.29, 1.82) is 0 Å². The molecule has 1 amide bonds. The van der Waals surface area contributed by atoms with E-state index in [9.17, 15) is 14.7 Å². The molecule has 172 valence electrons. The summed E-state index contributed by atoms with van der Waals surface area (Å²) in [5.74, 6) is 1.22. The van der Waals surface area contributed by atoms with Gasteiger partial charge in [0.25, 0.3) is 6.09 Å². The molecule has 5 rings (SSSR count). The topological polar surface area (TPSA) is 98.0 Å². The molecule has 0 radical (unpaired) electrons. The Labute approximate surface area is 190 Å². The Bertz CT molecular complexity index is 1250. The van der Waals surface area contributed by atoms with Crippen LogP contribution in [0.15, 0.2) is 57.9 Å². The molecule has 0 aliphatic carbocycles. The molecule has 8 heteroatoms. The van der Waals surface area contributed by atoms with Crippen molar-refractivity contribution >= 4 is 22.7 Å². The van der Waals surface area contributed by atoms with Crippen LogP contribution in [-0.4, -0.2) is 38.6 Å². The van der Waals surface area contributed by atoms with Gasteiger partial charge in [0.05, 0.1) is 24.9 Å². The highest BCUT2D eigenvalue weighted by atomic mass is 16.5. The van der Waals surface area contributed by atoms with Gasteiger partial charge in [-0.25, -0.2) is 4.48 Å². The predicted octanol–water partition coefficient (Wildman–Crippen LogP) is 3.16.